The number of imidazole rings is 1. The Bertz CT molecular complexity index is 4080. The second kappa shape index (κ2) is 15.9. The minimum atomic E-state index is -0.322. The van der Waals surface area contributed by atoms with Crippen molar-refractivity contribution >= 4 is 85.0 Å². The molecule has 0 radical (unpaired) electrons. The number of benzene rings is 7. The number of rotatable bonds is 5. The molecule has 344 valence electrons. The van der Waals surface area contributed by atoms with Crippen molar-refractivity contribution in [3.8, 4) is 56.3 Å². The van der Waals surface area contributed by atoms with E-state index in [1.165, 1.54) is 35.1 Å². The zero-order valence-electron chi connectivity index (χ0n) is 41.1. The van der Waals surface area contributed by atoms with Crippen LogP contribution in [0, 0.1) is 0 Å². The van der Waals surface area contributed by atoms with Crippen LogP contribution in [0.4, 0.5) is 0 Å². The van der Waals surface area contributed by atoms with Gasteiger partial charge in [-0.15, -0.1) is 22.7 Å². The van der Waals surface area contributed by atoms with Gasteiger partial charge in [0.1, 0.15) is 11.6 Å². The van der Waals surface area contributed by atoms with Gasteiger partial charge >= 0.3 is 0 Å². The molecular weight excluding hydrogens is 893 g/mol. The average Bonchev–Trinajstić information content (AvgIpc) is 4.02. The van der Waals surface area contributed by atoms with Crippen LogP contribution in [0.1, 0.15) is 79.0 Å². The average molecular weight is 947 g/mol. The largest absolute Gasteiger partial charge is 0.507 e. The maximum absolute atomic E-state index is 12.6. The highest BCUT2D eigenvalue weighted by molar-refractivity contribution is 7.44. The number of fused-ring (bicyclic) bond motifs is 10. The number of hydrogen-bond acceptors (Lipinski definition) is 6. The second-order valence-corrected chi connectivity index (χ2v) is 24.3. The Kier molecular flexibility index (Phi) is 10.0. The summed E-state index contributed by atoms with van der Waals surface area (Å²) in [5.41, 5.74) is 13.8. The van der Waals surface area contributed by atoms with E-state index >= 15 is 0 Å². The molecule has 0 aliphatic heterocycles. The van der Waals surface area contributed by atoms with Crippen LogP contribution in [0.2, 0.25) is 0 Å². The predicted molar refractivity (Wildman–Crippen MR) is 299 cm³/mol. The molecule has 7 aromatic carbocycles. The number of pyridine rings is 2. The van der Waals surface area contributed by atoms with Gasteiger partial charge in [0.05, 0.1) is 37.5 Å². The van der Waals surface area contributed by atoms with Gasteiger partial charge in [-0.25, -0.2) is 4.98 Å². The minimum absolute atomic E-state index is 0.0726. The van der Waals surface area contributed by atoms with E-state index in [1.807, 2.05) is 41.1 Å². The quantitative estimate of drug-likeness (QED) is 0.175. The first-order chi connectivity index (χ1) is 33.5. The Labute approximate surface area is 416 Å². The Morgan fingerprint density at radius 2 is 1.23 bits per heavy atom. The number of para-hydroxylation sites is 1. The Hall–Kier alpha value is -7.19. The molecule has 7 heteroatoms. The van der Waals surface area contributed by atoms with E-state index in [2.05, 4.69) is 206 Å². The van der Waals surface area contributed by atoms with Gasteiger partial charge in [-0.2, -0.15) is 0 Å². The van der Waals surface area contributed by atoms with Crippen molar-refractivity contribution < 1.29 is 5.11 Å². The lowest BCUT2D eigenvalue weighted by Gasteiger charge is -2.28. The lowest BCUT2D eigenvalue weighted by atomic mass is 9.79. The molecule has 70 heavy (non-hydrogen) atoms. The monoisotopic (exact) mass is 946 g/mol. The van der Waals surface area contributed by atoms with Gasteiger partial charge in [0, 0.05) is 65.4 Å². The van der Waals surface area contributed by atoms with Crippen LogP contribution in [0.25, 0.3) is 113 Å². The molecule has 5 heterocycles. The fourth-order valence-electron chi connectivity index (χ4n) is 10.2. The molecule has 0 fully saturated rings. The van der Waals surface area contributed by atoms with Gasteiger partial charge in [-0.3, -0.25) is 14.5 Å². The van der Waals surface area contributed by atoms with Crippen LogP contribution >= 0.6 is 22.7 Å². The minimum Gasteiger partial charge on any atom is -0.507 e. The van der Waals surface area contributed by atoms with E-state index < -0.39 is 0 Å². The molecule has 0 unspecified atom stereocenters. The lowest BCUT2D eigenvalue weighted by molar-refractivity contribution is 0.446. The molecule has 0 aliphatic rings. The van der Waals surface area contributed by atoms with Crippen LogP contribution in [0.3, 0.4) is 0 Å². The van der Waals surface area contributed by atoms with Gasteiger partial charge < -0.3 is 5.11 Å². The highest BCUT2D eigenvalue weighted by Gasteiger charge is 2.30. The molecule has 5 aromatic heterocycles. The van der Waals surface area contributed by atoms with E-state index in [-0.39, 0.29) is 22.0 Å². The highest BCUT2D eigenvalue weighted by atomic mass is 32.2. The molecule has 0 saturated heterocycles. The van der Waals surface area contributed by atoms with E-state index in [0.717, 1.165) is 94.4 Å². The second-order valence-electron chi connectivity index (χ2n) is 21.9. The molecule has 12 aromatic rings. The third-order valence-electron chi connectivity index (χ3n) is 14.1. The molecule has 12 rings (SSSR count). The van der Waals surface area contributed by atoms with E-state index in [1.54, 1.807) is 0 Å². The van der Waals surface area contributed by atoms with E-state index in [9.17, 15) is 5.11 Å². The van der Waals surface area contributed by atoms with Crippen molar-refractivity contribution in [1.82, 2.24) is 19.5 Å². The van der Waals surface area contributed by atoms with E-state index in [0.29, 0.717) is 0 Å². The number of hydrogen-bond donors (Lipinski definition) is 1. The molecule has 0 bridgehead atoms. The molecule has 5 nitrogen and oxygen atoms in total. The van der Waals surface area contributed by atoms with Crippen LogP contribution in [0.5, 0.6) is 5.75 Å². The zero-order valence-corrected chi connectivity index (χ0v) is 42.7. The van der Waals surface area contributed by atoms with Crippen LogP contribution in [0.15, 0.2) is 158 Å². The number of thiophene rings is 2. The Balaban J connectivity index is 1.10. The molecule has 0 saturated carbocycles. The summed E-state index contributed by atoms with van der Waals surface area (Å²) in [5.74, 6) is 0.987. The van der Waals surface area contributed by atoms with Crippen LogP contribution < -0.4 is 0 Å². The fraction of sp³-hybridized carbons (Fsp3) is 0.190. The zero-order chi connectivity index (χ0) is 48.4. The maximum atomic E-state index is 12.6. The van der Waals surface area contributed by atoms with Crippen LogP contribution in [-0.2, 0) is 16.2 Å². The van der Waals surface area contributed by atoms with Crippen molar-refractivity contribution in [1.29, 1.82) is 0 Å². The summed E-state index contributed by atoms with van der Waals surface area (Å²) in [5, 5.41) is 19.6. The van der Waals surface area contributed by atoms with E-state index in [4.69, 9.17) is 15.0 Å². The highest BCUT2D eigenvalue weighted by Crippen LogP contribution is 2.50. The first kappa shape index (κ1) is 44.0. The predicted octanol–water partition coefficient (Wildman–Crippen LogP) is 18.0. The summed E-state index contributed by atoms with van der Waals surface area (Å²) in [6.07, 6.45) is 3.90. The third-order valence-corrected chi connectivity index (χ3v) is 16.5. The smallest absolute Gasteiger partial charge is 0.149 e. The van der Waals surface area contributed by atoms with Gasteiger partial charge in [0.25, 0.3) is 0 Å². The number of nitrogens with zero attached hydrogens (tertiary/aromatic N) is 4. The number of phenolic OH excluding ortho intramolecular Hbond substituents is 1. The Morgan fingerprint density at radius 1 is 0.514 bits per heavy atom. The topological polar surface area (TPSA) is 63.8 Å². The van der Waals surface area contributed by atoms with Gasteiger partial charge in [-0.05, 0) is 116 Å². The van der Waals surface area contributed by atoms with Crippen molar-refractivity contribution in [2.45, 2.75) is 78.6 Å². The van der Waals surface area contributed by atoms with Crippen molar-refractivity contribution in [2.75, 3.05) is 0 Å². The number of phenols is 1. The number of aromatic nitrogens is 4. The van der Waals surface area contributed by atoms with Crippen molar-refractivity contribution in [3.05, 3.63) is 175 Å². The van der Waals surface area contributed by atoms with Crippen molar-refractivity contribution in [2.24, 2.45) is 0 Å². The third kappa shape index (κ3) is 7.28. The summed E-state index contributed by atoms with van der Waals surface area (Å²) >= 11 is 3.67. The normalized spacial score (nSPS) is 12.7. The molecule has 0 atom stereocenters. The fourth-order valence-corrected chi connectivity index (χ4v) is 12.8. The maximum Gasteiger partial charge on any atom is 0.149 e. The standard InChI is InChI=1S/C63H54N4OS2/c1-61(2,3)41-21-23-51(45(32-41)36-15-11-10-12-16-36)67-52-24-26-54-56(57(52)66-59(67)47-33-42(62(4,5)6)34-48(58(47)68)63(7,8)9)55-46-30-39(20-25-53(46)69-60(55)70-54)50-31-38(27-28-64-50)37-19-22-43-40(29-37)35-65-49-18-14-13-17-44(43)49/h10-35,68H,1-9H3. The first-order valence-corrected chi connectivity index (χ1v) is 25.8. The van der Waals surface area contributed by atoms with Crippen LogP contribution in [-0.4, -0.2) is 24.6 Å². The molecular formula is C63H54N4OS2. The molecule has 0 spiro atoms. The summed E-state index contributed by atoms with van der Waals surface area (Å²) in [7, 11) is 0. The SMILES string of the molecule is CC(C)(C)c1ccc(-n2c(-c3cc(C(C)(C)C)cc(C(C)(C)C)c3O)nc3c4c(ccc32)sc2sc3ccc(-c5cc(-c6ccc7c(cnc8ccccc87)c6)ccn5)cc3c24)c(-c2ccccc2)c1. The summed E-state index contributed by atoms with van der Waals surface area (Å²) in [6.45, 7) is 20.1. The summed E-state index contributed by atoms with van der Waals surface area (Å²) in [4.78, 5) is 15.5. The van der Waals surface area contributed by atoms with Gasteiger partial charge in [0.2, 0.25) is 0 Å². The summed E-state index contributed by atoms with van der Waals surface area (Å²) < 4.78 is 5.99. The number of aromatic hydroxyl groups is 1. The first-order valence-electron chi connectivity index (χ1n) is 24.1. The van der Waals surface area contributed by atoms with Gasteiger partial charge in [0.15, 0.2) is 0 Å². The molecule has 0 aliphatic carbocycles. The lowest BCUT2D eigenvalue weighted by Crippen LogP contribution is -2.17. The van der Waals surface area contributed by atoms with Gasteiger partial charge in [-0.1, -0.05) is 141 Å². The molecule has 0 amide bonds. The Morgan fingerprint density at radius 3 is 2.01 bits per heavy atom. The summed E-state index contributed by atoms with van der Waals surface area (Å²) in [6, 6.07) is 52.5. The molecule has 1 N–H and O–H groups in total. The van der Waals surface area contributed by atoms with Crippen molar-refractivity contribution in [3.63, 3.8) is 0 Å².